The molecule has 0 aliphatic heterocycles. The summed E-state index contributed by atoms with van der Waals surface area (Å²) in [6.07, 6.45) is 4.40. The van der Waals surface area contributed by atoms with E-state index in [1.165, 1.54) is 36.0 Å². The van der Waals surface area contributed by atoms with Gasteiger partial charge in [-0.05, 0) is 55.5 Å². The number of hydrogen-bond donors (Lipinski definition) is 0. The largest absolute Gasteiger partial charge is 0.493 e. The summed E-state index contributed by atoms with van der Waals surface area (Å²) in [4.78, 5) is 19.6. The van der Waals surface area contributed by atoms with Gasteiger partial charge < -0.3 is 14.4 Å². The van der Waals surface area contributed by atoms with E-state index in [1.807, 2.05) is 43.4 Å². The van der Waals surface area contributed by atoms with E-state index in [1.54, 1.807) is 19.1 Å². The molecule has 0 unspecified atom stereocenters. The molecule has 1 amide bonds. The lowest BCUT2D eigenvalue weighted by Crippen LogP contribution is -2.28. The second-order valence-electron chi connectivity index (χ2n) is 7.89. The van der Waals surface area contributed by atoms with Gasteiger partial charge in [-0.2, -0.15) is 0 Å². The molecule has 4 rings (SSSR count). The molecule has 2 aromatic carbocycles. The minimum absolute atomic E-state index is 0.0605. The van der Waals surface area contributed by atoms with Gasteiger partial charge in [-0.15, -0.1) is 0 Å². The van der Waals surface area contributed by atoms with Gasteiger partial charge >= 0.3 is 0 Å². The first kappa shape index (κ1) is 22.3. The fourth-order valence-corrected chi connectivity index (χ4v) is 5.03. The Bertz CT molecular complexity index is 1080. The summed E-state index contributed by atoms with van der Waals surface area (Å²) in [5.41, 5.74) is 4.56. The van der Waals surface area contributed by atoms with Crippen molar-refractivity contribution >= 4 is 17.7 Å². The van der Waals surface area contributed by atoms with Gasteiger partial charge in [0.1, 0.15) is 0 Å². The molecule has 1 aliphatic rings. The molecule has 1 aromatic heterocycles. The molecule has 168 valence electrons. The number of aromatic nitrogens is 2. The predicted molar refractivity (Wildman–Crippen MR) is 127 cm³/mol. The zero-order valence-electron chi connectivity index (χ0n) is 18.8. The Morgan fingerprint density at radius 1 is 1.06 bits per heavy atom. The maximum atomic E-state index is 12.9. The van der Waals surface area contributed by atoms with Crippen LogP contribution in [0, 0.1) is 0 Å². The van der Waals surface area contributed by atoms with Crippen molar-refractivity contribution in [1.82, 2.24) is 14.5 Å². The molecule has 0 fully saturated rings. The Morgan fingerprint density at radius 3 is 2.56 bits per heavy atom. The van der Waals surface area contributed by atoms with Crippen molar-refractivity contribution in [3.63, 3.8) is 0 Å². The molecule has 3 aromatic rings. The van der Waals surface area contributed by atoms with Crippen molar-refractivity contribution in [2.45, 2.75) is 37.4 Å². The molecule has 0 radical (unpaired) electrons. The van der Waals surface area contributed by atoms with Gasteiger partial charge in [0, 0.05) is 25.0 Å². The number of aryl methyl sites for hydroxylation is 1. The van der Waals surface area contributed by atoms with Crippen LogP contribution < -0.4 is 9.47 Å². The Hall–Kier alpha value is -2.93. The molecule has 0 atom stereocenters. The number of hydrogen-bond acceptors (Lipinski definition) is 5. The number of carbonyl (C=O) groups excluding carboxylic acids is 1. The average molecular weight is 452 g/mol. The van der Waals surface area contributed by atoms with Crippen LogP contribution in [-0.2, 0) is 24.2 Å². The number of benzene rings is 2. The van der Waals surface area contributed by atoms with Crippen LogP contribution in [0.1, 0.15) is 29.8 Å². The molecular weight excluding hydrogens is 422 g/mol. The van der Waals surface area contributed by atoms with Crippen LogP contribution in [0.25, 0.3) is 5.69 Å². The third kappa shape index (κ3) is 4.78. The molecule has 1 heterocycles. The van der Waals surface area contributed by atoms with Crippen LogP contribution in [0.4, 0.5) is 0 Å². The Kier molecular flexibility index (Phi) is 7.05. The van der Waals surface area contributed by atoms with E-state index in [9.17, 15) is 4.79 Å². The van der Waals surface area contributed by atoms with Crippen LogP contribution in [-0.4, -0.2) is 47.4 Å². The second kappa shape index (κ2) is 10.1. The van der Waals surface area contributed by atoms with Gasteiger partial charge in [-0.25, -0.2) is 4.98 Å². The summed E-state index contributed by atoms with van der Waals surface area (Å²) in [7, 11) is 5.05. The fraction of sp³-hybridized carbons (Fsp3) is 0.360. The summed E-state index contributed by atoms with van der Waals surface area (Å²) in [5, 5.41) is 0.899. The van der Waals surface area contributed by atoms with Crippen LogP contribution in [0.3, 0.4) is 0 Å². The lowest BCUT2D eigenvalue weighted by atomic mass is 10.0. The number of imidazole rings is 1. The van der Waals surface area contributed by atoms with Crippen molar-refractivity contribution in [2.75, 3.05) is 27.0 Å². The number of nitrogens with zero attached hydrogens (tertiary/aromatic N) is 3. The van der Waals surface area contributed by atoms with Gasteiger partial charge in [-0.1, -0.05) is 36.0 Å². The van der Waals surface area contributed by atoms with Gasteiger partial charge in [-0.3, -0.25) is 9.36 Å². The maximum Gasteiger partial charge on any atom is 0.233 e. The lowest BCUT2D eigenvalue weighted by Gasteiger charge is -2.18. The second-order valence-corrected chi connectivity index (χ2v) is 8.84. The van der Waals surface area contributed by atoms with E-state index in [2.05, 4.69) is 16.7 Å². The average Bonchev–Trinajstić information content (AvgIpc) is 3.21. The van der Waals surface area contributed by atoms with Crippen molar-refractivity contribution in [1.29, 1.82) is 0 Å². The molecule has 0 N–H and O–H groups in total. The molecule has 0 bridgehead atoms. The zero-order valence-corrected chi connectivity index (χ0v) is 19.7. The van der Waals surface area contributed by atoms with Gasteiger partial charge in [0.15, 0.2) is 16.7 Å². The molecule has 0 saturated carbocycles. The molecule has 0 saturated heterocycles. The number of fused-ring (bicyclic) bond motifs is 1. The smallest absolute Gasteiger partial charge is 0.233 e. The minimum Gasteiger partial charge on any atom is -0.493 e. The molecule has 0 spiro atoms. The van der Waals surface area contributed by atoms with Crippen molar-refractivity contribution < 1.29 is 14.3 Å². The Morgan fingerprint density at radius 2 is 1.81 bits per heavy atom. The third-order valence-electron chi connectivity index (χ3n) is 5.73. The Labute approximate surface area is 193 Å². The number of rotatable bonds is 8. The van der Waals surface area contributed by atoms with Crippen molar-refractivity contribution in [3.8, 4) is 17.2 Å². The van der Waals surface area contributed by atoms with Gasteiger partial charge in [0.2, 0.25) is 5.91 Å². The topological polar surface area (TPSA) is 56.6 Å². The molecule has 7 heteroatoms. The highest BCUT2D eigenvalue weighted by atomic mass is 32.2. The van der Waals surface area contributed by atoms with Crippen molar-refractivity contribution in [2.24, 2.45) is 0 Å². The molecular formula is C25H29N3O3S. The highest BCUT2D eigenvalue weighted by molar-refractivity contribution is 7.99. The molecule has 32 heavy (non-hydrogen) atoms. The number of methoxy groups -OCH3 is 2. The first-order valence-corrected chi connectivity index (χ1v) is 11.8. The lowest BCUT2D eigenvalue weighted by molar-refractivity contribution is -0.127. The zero-order chi connectivity index (χ0) is 22.5. The minimum atomic E-state index is 0.0605. The summed E-state index contributed by atoms with van der Waals surface area (Å²) in [6.45, 7) is 0.503. The summed E-state index contributed by atoms with van der Waals surface area (Å²) >= 11 is 1.51. The summed E-state index contributed by atoms with van der Waals surface area (Å²) in [6, 6.07) is 16.0. The van der Waals surface area contributed by atoms with E-state index >= 15 is 0 Å². The highest BCUT2D eigenvalue weighted by Crippen LogP contribution is 2.31. The van der Waals surface area contributed by atoms with E-state index < -0.39 is 0 Å². The number of ether oxygens (including phenoxy) is 2. The van der Waals surface area contributed by atoms with Crippen LogP contribution in [0.2, 0.25) is 0 Å². The first-order chi connectivity index (χ1) is 15.6. The fourth-order valence-electron chi connectivity index (χ4n) is 4.03. The summed E-state index contributed by atoms with van der Waals surface area (Å²) in [5.74, 6) is 1.74. The quantitative estimate of drug-likeness (QED) is 0.472. The monoisotopic (exact) mass is 451 g/mol. The standard InChI is InChI=1S/C25H29N3O3S/c1-27(16-18-13-14-22(30-2)23(15-18)31-3)24(29)17-32-25-26-20-11-7-8-12-21(20)28(25)19-9-5-4-6-10-19/h4-6,9-10,13-15H,7-8,11-12,16-17H2,1-3H3. The normalized spacial score (nSPS) is 12.8. The van der Waals surface area contributed by atoms with Crippen LogP contribution in [0.15, 0.2) is 53.7 Å². The maximum absolute atomic E-state index is 12.9. The first-order valence-electron chi connectivity index (χ1n) is 10.8. The number of carbonyl (C=O) groups is 1. The SMILES string of the molecule is COc1ccc(CN(C)C(=O)CSc2nc3c(n2-c2ccccc2)CCCC3)cc1OC. The van der Waals surface area contributed by atoms with E-state index in [-0.39, 0.29) is 5.91 Å². The third-order valence-corrected chi connectivity index (χ3v) is 6.66. The number of amides is 1. The van der Waals surface area contributed by atoms with Gasteiger partial charge in [0.05, 0.1) is 25.7 Å². The predicted octanol–water partition coefficient (Wildman–Crippen LogP) is 4.52. The van der Waals surface area contributed by atoms with Gasteiger partial charge in [0.25, 0.3) is 0 Å². The highest BCUT2D eigenvalue weighted by Gasteiger charge is 2.22. The molecule has 6 nitrogen and oxygen atoms in total. The van der Waals surface area contributed by atoms with E-state index in [0.29, 0.717) is 23.8 Å². The van der Waals surface area contributed by atoms with E-state index in [4.69, 9.17) is 14.5 Å². The number of thioether (sulfide) groups is 1. The Balaban J connectivity index is 1.47. The molecule has 1 aliphatic carbocycles. The van der Waals surface area contributed by atoms with E-state index in [0.717, 1.165) is 29.2 Å². The van der Waals surface area contributed by atoms with Crippen molar-refractivity contribution in [3.05, 3.63) is 65.5 Å². The van der Waals surface area contributed by atoms with Crippen LogP contribution >= 0.6 is 11.8 Å². The number of para-hydroxylation sites is 1. The summed E-state index contributed by atoms with van der Waals surface area (Å²) < 4.78 is 12.9. The van der Waals surface area contributed by atoms with Crippen LogP contribution in [0.5, 0.6) is 11.5 Å².